The fourth-order valence-electron chi connectivity index (χ4n) is 1.36. The molecule has 0 aliphatic rings. The fourth-order valence-corrected chi connectivity index (χ4v) is 1.36. The smallest absolute Gasteiger partial charge is 0.150 e. The fraction of sp³-hybridized carbons (Fsp3) is 0.364. The van der Waals surface area contributed by atoms with Crippen LogP contribution in [0.5, 0.6) is 0 Å². The quantitative estimate of drug-likeness (QED) is 0.620. The number of carbonyl (C=O) groups excluding carboxylic acids is 1. The molecule has 0 spiro atoms. The number of aliphatic hydroxyl groups is 3. The molecule has 0 bridgehead atoms. The molecule has 4 nitrogen and oxygen atoms in total. The second kappa shape index (κ2) is 5.02. The van der Waals surface area contributed by atoms with Crippen LogP contribution in [-0.4, -0.2) is 34.3 Å². The summed E-state index contributed by atoms with van der Waals surface area (Å²) in [4.78, 5) is 10.5. The molecule has 0 saturated heterocycles. The van der Waals surface area contributed by atoms with Crippen molar-refractivity contribution in [2.24, 2.45) is 0 Å². The molecule has 4 heteroatoms. The topological polar surface area (TPSA) is 77.8 Å². The minimum Gasteiger partial charge on any atom is -0.394 e. The van der Waals surface area contributed by atoms with Crippen LogP contribution in [-0.2, 0) is 0 Å². The number of carbonyl (C=O) groups is 1. The van der Waals surface area contributed by atoms with E-state index < -0.39 is 18.8 Å². The van der Waals surface area contributed by atoms with Gasteiger partial charge in [-0.1, -0.05) is 12.1 Å². The molecule has 0 aliphatic carbocycles. The molecule has 1 aromatic rings. The molecule has 0 fully saturated rings. The van der Waals surface area contributed by atoms with Crippen LogP contribution >= 0.6 is 0 Å². The molecule has 0 aliphatic heterocycles. The van der Waals surface area contributed by atoms with Gasteiger partial charge in [0.05, 0.1) is 6.61 Å². The molecule has 0 amide bonds. The van der Waals surface area contributed by atoms with Gasteiger partial charge in [-0.2, -0.15) is 0 Å². The molecule has 0 heterocycles. The van der Waals surface area contributed by atoms with Crippen molar-refractivity contribution in [3.05, 3.63) is 34.9 Å². The highest BCUT2D eigenvalue weighted by molar-refractivity contribution is 5.75. The van der Waals surface area contributed by atoms with E-state index in [0.29, 0.717) is 17.4 Å². The highest BCUT2D eigenvalue weighted by Crippen LogP contribution is 2.21. The van der Waals surface area contributed by atoms with Gasteiger partial charge in [0, 0.05) is 5.56 Å². The maximum absolute atomic E-state index is 10.5. The maximum Gasteiger partial charge on any atom is 0.150 e. The maximum atomic E-state index is 10.5. The van der Waals surface area contributed by atoms with Crippen molar-refractivity contribution in [2.75, 3.05) is 6.61 Å². The third-order valence-corrected chi connectivity index (χ3v) is 2.31. The van der Waals surface area contributed by atoms with Crippen molar-refractivity contribution in [2.45, 2.75) is 19.1 Å². The number of aliphatic hydroxyl groups excluding tert-OH is 3. The van der Waals surface area contributed by atoms with Gasteiger partial charge in [0.1, 0.15) is 18.5 Å². The Balaban J connectivity index is 3.06. The first kappa shape index (κ1) is 11.8. The van der Waals surface area contributed by atoms with Crippen molar-refractivity contribution >= 4 is 6.29 Å². The predicted molar refractivity (Wildman–Crippen MR) is 54.6 cm³/mol. The minimum atomic E-state index is -1.23. The SMILES string of the molecule is Cc1ccc(C=O)cc1C(O)C(O)CO. The number of hydrogen-bond acceptors (Lipinski definition) is 4. The largest absolute Gasteiger partial charge is 0.394 e. The highest BCUT2D eigenvalue weighted by atomic mass is 16.4. The van der Waals surface area contributed by atoms with Crippen LogP contribution in [0.4, 0.5) is 0 Å². The van der Waals surface area contributed by atoms with E-state index in [9.17, 15) is 15.0 Å². The number of rotatable bonds is 4. The van der Waals surface area contributed by atoms with Gasteiger partial charge >= 0.3 is 0 Å². The zero-order chi connectivity index (χ0) is 11.4. The number of aryl methyl sites for hydroxylation is 1. The Morgan fingerprint density at radius 1 is 1.40 bits per heavy atom. The molecule has 82 valence electrons. The molecular weight excluding hydrogens is 196 g/mol. The standard InChI is InChI=1S/C11H14O4/c1-7-2-3-8(5-12)4-9(7)11(15)10(14)6-13/h2-5,10-11,13-15H,6H2,1H3. The first-order valence-electron chi connectivity index (χ1n) is 4.63. The summed E-state index contributed by atoms with van der Waals surface area (Å²) in [6, 6.07) is 4.82. The summed E-state index contributed by atoms with van der Waals surface area (Å²) in [5.41, 5.74) is 1.65. The summed E-state index contributed by atoms with van der Waals surface area (Å²) >= 11 is 0. The van der Waals surface area contributed by atoms with Gasteiger partial charge in [-0.05, 0) is 24.1 Å². The van der Waals surface area contributed by atoms with E-state index in [2.05, 4.69) is 0 Å². The number of hydrogen-bond donors (Lipinski definition) is 3. The number of aldehydes is 1. The van der Waals surface area contributed by atoms with Crippen LogP contribution < -0.4 is 0 Å². The molecule has 1 rings (SSSR count). The summed E-state index contributed by atoms with van der Waals surface area (Å²) in [7, 11) is 0. The Hall–Kier alpha value is -1.23. The molecule has 0 radical (unpaired) electrons. The first-order valence-corrected chi connectivity index (χ1v) is 4.63. The van der Waals surface area contributed by atoms with Crippen LogP contribution in [0.3, 0.4) is 0 Å². The zero-order valence-electron chi connectivity index (χ0n) is 8.42. The molecule has 0 saturated carbocycles. The molecule has 15 heavy (non-hydrogen) atoms. The number of benzene rings is 1. The zero-order valence-corrected chi connectivity index (χ0v) is 8.42. The van der Waals surface area contributed by atoms with Crippen molar-refractivity contribution in [1.82, 2.24) is 0 Å². The monoisotopic (exact) mass is 210 g/mol. The normalized spacial score (nSPS) is 14.7. The Morgan fingerprint density at radius 2 is 2.07 bits per heavy atom. The first-order chi connectivity index (χ1) is 7.10. The van der Waals surface area contributed by atoms with Crippen LogP contribution in [0.2, 0.25) is 0 Å². The third kappa shape index (κ3) is 2.62. The lowest BCUT2D eigenvalue weighted by atomic mass is 9.98. The van der Waals surface area contributed by atoms with E-state index >= 15 is 0 Å². The van der Waals surface area contributed by atoms with E-state index in [1.165, 1.54) is 6.07 Å². The predicted octanol–water partition coefficient (Wildman–Crippen LogP) is 0.194. The summed E-state index contributed by atoms with van der Waals surface area (Å²) in [5.74, 6) is 0. The van der Waals surface area contributed by atoms with Gasteiger partial charge in [0.15, 0.2) is 0 Å². The van der Waals surface area contributed by atoms with Crippen molar-refractivity contribution in [3.63, 3.8) is 0 Å². The van der Waals surface area contributed by atoms with Crippen LogP contribution in [0.15, 0.2) is 18.2 Å². The average Bonchev–Trinajstić information content (AvgIpc) is 2.27. The van der Waals surface area contributed by atoms with Gasteiger partial charge in [0.25, 0.3) is 0 Å². The van der Waals surface area contributed by atoms with Gasteiger partial charge < -0.3 is 15.3 Å². The van der Waals surface area contributed by atoms with Crippen LogP contribution in [0.25, 0.3) is 0 Å². The van der Waals surface area contributed by atoms with Crippen molar-refractivity contribution in [3.8, 4) is 0 Å². The van der Waals surface area contributed by atoms with E-state index in [1.807, 2.05) is 0 Å². The van der Waals surface area contributed by atoms with E-state index in [4.69, 9.17) is 5.11 Å². The average molecular weight is 210 g/mol. The molecule has 2 atom stereocenters. The van der Waals surface area contributed by atoms with Gasteiger partial charge in [-0.15, -0.1) is 0 Å². The molecule has 2 unspecified atom stereocenters. The molecule has 3 N–H and O–H groups in total. The Bertz CT molecular complexity index is 348. The summed E-state index contributed by atoms with van der Waals surface area (Å²) in [6.45, 7) is 1.24. The summed E-state index contributed by atoms with van der Waals surface area (Å²) < 4.78 is 0. The van der Waals surface area contributed by atoms with Gasteiger partial charge in [-0.3, -0.25) is 4.79 Å². The van der Waals surface area contributed by atoms with E-state index in [0.717, 1.165) is 5.56 Å². The second-order valence-corrected chi connectivity index (χ2v) is 3.43. The van der Waals surface area contributed by atoms with Crippen molar-refractivity contribution in [1.29, 1.82) is 0 Å². The lowest BCUT2D eigenvalue weighted by molar-refractivity contribution is -0.0155. The Labute approximate surface area is 87.8 Å². The highest BCUT2D eigenvalue weighted by Gasteiger charge is 2.19. The Kier molecular flexibility index (Phi) is 3.96. The second-order valence-electron chi connectivity index (χ2n) is 3.43. The minimum absolute atomic E-state index is 0.430. The molecular formula is C11H14O4. The summed E-state index contributed by atoms with van der Waals surface area (Å²) in [6.07, 6.45) is -1.73. The van der Waals surface area contributed by atoms with Gasteiger partial charge in [-0.25, -0.2) is 0 Å². The molecule has 0 aromatic heterocycles. The lowest BCUT2D eigenvalue weighted by Gasteiger charge is -2.18. The van der Waals surface area contributed by atoms with Crippen LogP contribution in [0.1, 0.15) is 27.6 Å². The van der Waals surface area contributed by atoms with Crippen molar-refractivity contribution < 1.29 is 20.1 Å². The summed E-state index contributed by atoms with van der Waals surface area (Å²) in [5, 5.41) is 27.6. The molecule has 1 aromatic carbocycles. The van der Waals surface area contributed by atoms with Crippen LogP contribution in [0, 0.1) is 6.92 Å². The van der Waals surface area contributed by atoms with E-state index in [1.54, 1.807) is 19.1 Å². The Morgan fingerprint density at radius 3 is 2.60 bits per heavy atom. The van der Waals surface area contributed by atoms with E-state index in [-0.39, 0.29) is 0 Å². The lowest BCUT2D eigenvalue weighted by Crippen LogP contribution is -2.22. The third-order valence-electron chi connectivity index (χ3n) is 2.31. The van der Waals surface area contributed by atoms with Gasteiger partial charge in [0.2, 0.25) is 0 Å².